The Balaban J connectivity index is 2.56. The van der Waals surface area contributed by atoms with Gasteiger partial charge >= 0.3 is 0 Å². The van der Waals surface area contributed by atoms with E-state index >= 15 is 0 Å². The van der Waals surface area contributed by atoms with Gasteiger partial charge in [0.2, 0.25) is 0 Å². The highest BCUT2D eigenvalue weighted by Gasteiger charge is 1.97. The van der Waals surface area contributed by atoms with Gasteiger partial charge < -0.3 is 10.5 Å². The molecule has 4 heteroatoms. The molecule has 2 N–H and O–H groups in total. The summed E-state index contributed by atoms with van der Waals surface area (Å²) in [5.74, 6) is 1.81. The summed E-state index contributed by atoms with van der Waals surface area (Å²) in [7, 11) is 0. The molecule has 0 unspecified atom stereocenters. The third-order valence-electron chi connectivity index (χ3n) is 1.45. The van der Waals surface area contributed by atoms with Crippen molar-refractivity contribution in [1.82, 2.24) is 0 Å². The van der Waals surface area contributed by atoms with Crippen LogP contribution in [-0.2, 0) is 0 Å². The van der Waals surface area contributed by atoms with Crippen molar-refractivity contribution in [2.45, 2.75) is 0 Å². The van der Waals surface area contributed by atoms with Crippen molar-refractivity contribution >= 4 is 33.4 Å². The van der Waals surface area contributed by atoms with Crippen molar-refractivity contribution in [3.8, 4) is 5.75 Å². The third kappa shape index (κ3) is 3.91. The quantitative estimate of drug-likeness (QED) is 0.669. The van der Waals surface area contributed by atoms with E-state index in [9.17, 15) is 0 Å². The number of rotatable bonds is 4. The largest absolute Gasteiger partial charge is 0.493 e. The zero-order valence-electron chi connectivity index (χ0n) is 7.42. The maximum atomic E-state index is 5.65. The van der Waals surface area contributed by atoms with Crippen LogP contribution >= 0.6 is 27.7 Å². The van der Waals surface area contributed by atoms with E-state index in [0.717, 1.165) is 22.6 Å². The van der Waals surface area contributed by atoms with Gasteiger partial charge in [-0.1, -0.05) is 15.9 Å². The number of halogens is 1. The molecule has 0 fully saturated rings. The maximum absolute atomic E-state index is 5.65. The molecule has 1 aromatic rings. The lowest BCUT2D eigenvalue weighted by Gasteiger charge is -2.06. The first kappa shape index (κ1) is 10.7. The predicted octanol–water partition coefficient (Wildman–Crippen LogP) is 2.77. The molecule has 0 bridgehead atoms. The molecule has 1 aromatic carbocycles. The van der Waals surface area contributed by atoms with Crippen LogP contribution < -0.4 is 10.5 Å². The minimum atomic E-state index is 0.716. The maximum Gasteiger partial charge on any atom is 0.122 e. The van der Waals surface area contributed by atoms with Crippen LogP contribution in [0.3, 0.4) is 0 Å². The molecule has 0 aromatic heterocycles. The lowest BCUT2D eigenvalue weighted by Crippen LogP contribution is -2.00. The van der Waals surface area contributed by atoms with Crippen molar-refractivity contribution in [2.24, 2.45) is 0 Å². The summed E-state index contributed by atoms with van der Waals surface area (Å²) in [5.41, 5.74) is 6.36. The van der Waals surface area contributed by atoms with E-state index in [1.165, 1.54) is 0 Å². The summed E-state index contributed by atoms with van der Waals surface area (Å²) in [6.07, 6.45) is 2.05. The normalized spacial score (nSPS) is 10.0. The highest BCUT2D eigenvalue weighted by Crippen LogP contribution is 2.22. The number of hydrogen-bond donors (Lipinski definition) is 1. The molecule has 72 valence electrons. The van der Waals surface area contributed by atoms with E-state index in [4.69, 9.17) is 10.5 Å². The number of thioether (sulfide) groups is 1. The van der Waals surface area contributed by atoms with Crippen molar-refractivity contribution in [3.05, 3.63) is 22.7 Å². The Bertz CT molecular complexity index is 260. The molecular weight excluding hydrogens is 250 g/mol. The minimum absolute atomic E-state index is 0.716. The Kier molecular flexibility index (Phi) is 4.45. The average molecular weight is 262 g/mol. The summed E-state index contributed by atoms with van der Waals surface area (Å²) in [6, 6.07) is 5.59. The SMILES string of the molecule is CSCCOc1cc(N)cc(Br)c1. The zero-order chi connectivity index (χ0) is 9.68. The first-order valence-corrected chi connectivity index (χ1v) is 6.09. The molecule has 0 aliphatic carbocycles. The van der Waals surface area contributed by atoms with E-state index in [-0.39, 0.29) is 0 Å². The number of anilines is 1. The minimum Gasteiger partial charge on any atom is -0.493 e. The molecular formula is C9H12BrNOS. The second-order valence-electron chi connectivity index (χ2n) is 2.56. The van der Waals surface area contributed by atoms with Crippen LogP contribution in [0.15, 0.2) is 22.7 Å². The molecule has 0 saturated carbocycles. The van der Waals surface area contributed by atoms with Crippen LogP contribution in [0.5, 0.6) is 5.75 Å². The zero-order valence-corrected chi connectivity index (χ0v) is 9.82. The van der Waals surface area contributed by atoms with Crippen molar-refractivity contribution in [2.75, 3.05) is 24.3 Å². The second kappa shape index (κ2) is 5.40. The lowest BCUT2D eigenvalue weighted by atomic mass is 10.3. The van der Waals surface area contributed by atoms with Gasteiger partial charge in [0.1, 0.15) is 5.75 Å². The average Bonchev–Trinajstić information content (AvgIpc) is 2.03. The number of nitrogens with two attached hydrogens (primary N) is 1. The smallest absolute Gasteiger partial charge is 0.122 e. The van der Waals surface area contributed by atoms with Crippen molar-refractivity contribution < 1.29 is 4.74 Å². The van der Waals surface area contributed by atoms with Crippen LogP contribution in [0.4, 0.5) is 5.69 Å². The van der Waals surface area contributed by atoms with Gasteiger partial charge in [-0.05, 0) is 18.4 Å². The van der Waals surface area contributed by atoms with Gasteiger partial charge in [0.05, 0.1) is 6.61 Å². The number of ether oxygens (including phenoxy) is 1. The van der Waals surface area contributed by atoms with Crippen LogP contribution in [0, 0.1) is 0 Å². The summed E-state index contributed by atoms with van der Waals surface area (Å²) < 4.78 is 6.43. The molecule has 13 heavy (non-hydrogen) atoms. The summed E-state index contributed by atoms with van der Waals surface area (Å²) in [6.45, 7) is 0.719. The van der Waals surface area contributed by atoms with Gasteiger partial charge in [0.15, 0.2) is 0 Å². The Hall–Kier alpha value is -0.350. The molecule has 0 saturated heterocycles. The molecule has 0 aliphatic rings. The molecule has 0 heterocycles. The van der Waals surface area contributed by atoms with Gasteiger partial charge in [-0.2, -0.15) is 11.8 Å². The van der Waals surface area contributed by atoms with E-state index in [1.807, 2.05) is 18.2 Å². The van der Waals surface area contributed by atoms with E-state index in [2.05, 4.69) is 22.2 Å². The number of hydrogen-bond acceptors (Lipinski definition) is 3. The first-order valence-electron chi connectivity index (χ1n) is 3.90. The second-order valence-corrected chi connectivity index (χ2v) is 4.46. The van der Waals surface area contributed by atoms with Crippen LogP contribution in [-0.4, -0.2) is 18.6 Å². The predicted molar refractivity (Wildman–Crippen MR) is 62.4 cm³/mol. The van der Waals surface area contributed by atoms with Gasteiger partial charge in [0, 0.05) is 22.0 Å². The number of benzene rings is 1. The van der Waals surface area contributed by atoms with E-state index < -0.39 is 0 Å². The molecule has 0 spiro atoms. The standard InChI is InChI=1S/C9H12BrNOS/c1-13-3-2-12-9-5-7(10)4-8(11)6-9/h4-6H,2-3,11H2,1H3. The summed E-state index contributed by atoms with van der Waals surface area (Å²) >= 11 is 5.12. The summed E-state index contributed by atoms with van der Waals surface area (Å²) in [5, 5.41) is 0. The Morgan fingerprint density at radius 1 is 1.46 bits per heavy atom. The fourth-order valence-corrected chi connectivity index (χ4v) is 1.65. The summed E-state index contributed by atoms with van der Waals surface area (Å²) in [4.78, 5) is 0. The van der Waals surface area contributed by atoms with Crippen molar-refractivity contribution in [3.63, 3.8) is 0 Å². The van der Waals surface area contributed by atoms with Crippen LogP contribution in [0.2, 0.25) is 0 Å². The van der Waals surface area contributed by atoms with Crippen molar-refractivity contribution in [1.29, 1.82) is 0 Å². The van der Waals surface area contributed by atoms with Gasteiger partial charge in [-0.15, -0.1) is 0 Å². The first-order chi connectivity index (χ1) is 6.22. The molecule has 2 nitrogen and oxygen atoms in total. The highest BCUT2D eigenvalue weighted by atomic mass is 79.9. The molecule has 0 aliphatic heterocycles. The van der Waals surface area contributed by atoms with Gasteiger partial charge in [0.25, 0.3) is 0 Å². The number of nitrogen functional groups attached to an aromatic ring is 1. The van der Waals surface area contributed by atoms with E-state index in [1.54, 1.807) is 11.8 Å². The third-order valence-corrected chi connectivity index (χ3v) is 2.48. The highest BCUT2D eigenvalue weighted by molar-refractivity contribution is 9.10. The van der Waals surface area contributed by atoms with Gasteiger partial charge in [-0.3, -0.25) is 0 Å². The molecule has 0 amide bonds. The molecule has 1 rings (SSSR count). The molecule has 0 radical (unpaired) electrons. The topological polar surface area (TPSA) is 35.2 Å². The fraction of sp³-hybridized carbons (Fsp3) is 0.333. The van der Waals surface area contributed by atoms with Crippen LogP contribution in [0.1, 0.15) is 0 Å². The lowest BCUT2D eigenvalue weighted by molar-refractivity contribution is 0.344. The Morgan fingerprint density at radius 3 is 2.85 bits per heavy atom. The monoisotopic (exact) mass is 261 g/mol. The Labute approximate surface area is 91.0 Å². The van der Waals surface area contributed by atoms with Crippen LogP contribution in [0.25, 0.3) is 0 Å². The molecule has 0 atom stereocenters. The Morgan fingerprint density at radius 2 is 2.23 bits per heavy atom. The van der Waals surface area contributed by atoms with Gasteiger partial charge in [-0.25, -0.2) is 0 Å². The van der Waals surface area contributed by atoms with E-state index in [0.29, 0.717) is 5.69 Å². The fourth-order valence-electron chi connectivity index (χ4n) is 0.911.